The minimum atomic E-state index is -0.816. The van der Waals surface area contributed by atoms with E-state index in [1.54, 1.807) is 4.90 Å². The van der Waals surface area contributed by atoms with E-state index in [1.165, 1.54) is 6.42 Å². The third kappa shape index (κ3) is 6.48. The molecule has 2 aromatic rings. The smallest absolute Gasteiger partial charge is 0.307 e. The van der Waals surface area contributed by atoms with Gasteiger partial charge in [-0.1, -0.05) is 45.1 Å². The Hall–Kier alpha value is -2.74. The van der Waals surface area contributed by atoms with Gasteiger partial charge in [0.2, 0.25) is 5.78 Å². The Balaban J connectivity index is 1.42. The number of esters is 1. The molecule has 35 heavy (non-hydrogen) atoms. The highest BCUT2D eigenvalue weighted by molar-refractivity contribution is 5.97. The lowest BCUT2D eigenvalue weighted by Crippen LogP contribution is -2.47. The van der Waals surface area contributed by atoms with Gasteiger partial charge in [-0.2, -0.15) is 0 Å². The highest BCUT2D eigenvalue weighted by Crippen LogP contribution is 2.29. The van der Waals surface area contributed by atoms with Crippen LogP contribution in [0.25, 0.3) is 11.1 Å². The molecule has 0 unspecified atom stereocenters. The van der Waals surface area contributed by atoms with E-state index in [0.29, 0.717) is 56.2 Å². The van der Waals surface area contributed by atoms with Crippen LogP contribution >= 0.6 is 0 Å². The van der Waals surface area contributed by atoms with Crippen LogP contribution in [0.4, 0.5) is 0 Å². The second-order valence-corrected chi connectivity index (χ2v) is 9.82. The van der Waals surface area contributed by atoms with Crippen molar-refractivity contribution in [1.29, 1.82) is 0 Å². The second-order valence-electron chi connectivity index (χ2n) is 9.82. The van der Waals surface area contributed by atoms with Crippen LogP contribution in [0.15, 0.2) is 22.6 Å². The van der Waals surface area contributed by atoms with Crippen LogP contribution in [0.3, 0.4) is 0 Å². The topological polar surface area (TPSA) is 98.9 Å². The van der Waals surface area contributed by atoms with Gasteiger partial charge in [-0.05, 0) is 43.4 Å². The van der Waals surface area contributed by atoms with Gasteiger partial charge in [0, 0.05) is 19.0 Å². The Morgan fingerprint density at radius 1 is 1.14 bits per heavy atom. The molecule has 0 N–H and O–H groups in total. The Morgan fingerprint density at radius 2 is 1.89 bits per heavy atom. The number of Topliss-reactive ketones (excluding diaryl/α,β-unsaturated/α-hetero) is 1. The van der Waals surface area contributed by atoms with Gasteiger partial charge in [0.05, 0.1) is 19.6 Å². The maximum atomic E-state index is 13.2. The average Bonchev–Trinajstić information content (AvgIpc) is 3.30. The molecular weight excluding hydrogens is 448 g/mol. The summed E-state index contributed by atoms with van der Waals surface area (Å²) in [5.74, 6) is -1.24. The van der Waals surface area contributed by atoms with E-state index in [4.69, 9.17) is 13.9 Å². The summed E-state index contributed by atoms with van der Waals surface area (Å²) in [5.41, 5.74) is 2.17. The number of carbonyl (C=O) groups is 3. The molecule has 0 spiro atoms. The first-order chi connectivity index (χ1) is 16.9. The zero-order valence-electron chi connectivity index (χ0n) is 20.8. The number of hydrogen-bond donors (Lipinski definition) is 0. The lowest BCUT2D eigenvalue weighted by molar-refractivity contribution is -0.164. The summed E-state index contributed by atoms with van der Waals surface area (Å²) in [6.45, 7) is 5.78. The van der Waals surface area contributed by atoms with Gasteiger partial charge in [-0.25, -0.2) is 4.98 Å². The van der Waals surface area contributed by atoms with Gasteiger partial charge in [-0.3, -0.25) is 14.4 Å². The number of nitrogens with zero attached hydrogens (tertiary/aromatic N) is 2. The lowest BCUT2D eigenvalue weighted by atomic mass is 9.85. The van der Waals surface area contributed by atoms with Gasteiger partial charge in [0.25, 0.3) is 11.8 Å². The van der Waals surface area contributed by atoms with Crippen molar-refractivity contribution in [1.82, 2.24) is 9.88 Å². The Bertz CT molecular complexity index is 1040. The number of fused-ring (bicyclic) bond motifs is 1. The summed E-state index contributed by atoms with van der Waals surface area (Å²) in [4.78, 5) is 45.4. The summed E-state index contributed by atoms with van der Waals surface area (Å²) >= 11 is 0. The molecular formula is C27H36N2O6. The molecule has 2 heterocycles. The lowest BCUT2D eigenvalue weighted by Gasteiger charge is -2.32. The molecule has 1 saturated heterocycles. The maximum Gasteiger partial charge on any atom is 0.307 e. The van der Waals surface area contributed by atoms with Crippen LogP contribution in [-0.2, 0) is 19.1 Å². The van der Waals surface area contributed by atoms with E-state index in [2.05, 4.69) is 4.98 Å². The van der Waals surface area contributed by atoms with Crippen LogP contribution < -0.4 is 0 Å². The van der Waals surface area contributed by atoms with Crippen molar-refractivity contribution in [3.63, 3.8) is 0 Å². The number of oxazole rings is 1. The standard InChI is InChI=1S/C27H36N2O6/c1-3-20(25(31)26-28-21-10-9-18(2)15-22(21)35-26)17-24(30)34-23(16-19-7-5-4-6-8-19)27(32)29-11-13-33-14-12-29/h9-10,15,19-20,23H,3-8,11-14,16-17H2,1-2H3/t20-,23+/m1/s1. The normalized spacial score (nSPS) is 18.9. The van der Waals surface area contributed by atoms with Crippen molar-refractivity contribution < 1.29 is 28.3 Å². The first-order valence-corrected chi connectivity index (χ1v) is 12.9. The van der Waals surface area contributed by atoms with Crippen molar-refractivity contribution in [3.05, 3.63) is 29.7 Å². The van der Waals surface area contributed by atoms with E-state index in [1.807, 2.05) is 32.0 Å². The summed E-state index contributed by atoms with van der Waals surface area (Å²) in [6.07, 6.45) is 5.67. The summed E-state index contributed by atoms with van der Waals surface area (Å²) in [7, 11) is 0. The number of aromatic nitrogens is 1. The van der Waals surface area contributed by atoms with Crippen molar-refractivity contribution in [2.45, 2.75) is 71.3 Å². The predicted octanol–water partition coefficient (Wildman–Crippen LogP) is 4.48. The number of hydrogen-bond acceptors (Lipinski definition) is 7. The molecule has 8 heteroatoms. The number of carbonyl (C=O) groups excluding carboxylic acids is 3. The van der Waals surface area contributed by atoms with E-state index >= 15 is 0 Å². The van der Waals surface area contributed by atoms with Crippen LogP contribution in [0.2, 0.25) is 0 Å². The van der Waals surface area contributed by atoms with Crippen molar-refractivity contribution >= 4 is 28.8 Å². The monoisotopic (exact) mass is 484 g/mol. The molecule has 1 aliphatic heterocycles. The molecule has 8 nitrogen and oxygen atoms in total. The largest absolute Gasteiger partial charge is 0.452 e. The maximum absolute atomic E-state index is 13.2. The van der Waals surface area contributed by atoms with Gasteiger partial charge in [0.15, 0.2) is 11.7 Å². The zero-order chi connectivity index (χ0) is 24.8. The minimum Gasteiger partial charge on any atom is -0.452 e. The van der Waals surface area contributed by atoms with Crippen LogP contribution in [0.5, 0.6) is 0 Å². The molecule has 2 atom stereocenters. The van der Waals surface area contributed by atoms with Gasteiger partial charge in [-0.15, -0.1) is 0 Å². The molecule has 4 rings (SSSR count). The van der Waals surface area contributed by atoms with E-state index in [0.717, 1.165) is 31.2 Å². The average molecular weight is 485 g/mol. The van der Waals surface area contributed by atoms with Gasteiger partial charge < -0.3 is 18.8 Å². The second kappa shape index (κ2) is 11.8. The van der Waals surface area contributed by atoms with Crippen molar-refractivity contribution in [3.8, 4) is 0 Å². The number of ketones is 1. The molecule has 190 valence electrons. The third-order valence-electron chi connectivity index (χ3n) is 7.18. The van der Waals surface area contributed by atoms with Crippen LogP contribution in [0.1, 0.15) is 74.5 Å². The number of benzene rings is 1. The Labute approximate surface area is 206 Å². The van der Waals surface area contributed by atoms with Gasteiger partial charge >= 0.3 is 5.97 Å². The predicted molar refractivity (Wildman–Crippen MR) is 130 cm³/mol. The molecule has 1 aliphatic carbocycles. The Kier molecular flexibility index (Phi) is 8.55. The minimum absolute atomic E-state index is 0.00778. The molecule has 0 bridgehead atoms. The van der Waals surface area contributed by atoms with E-state index in [9.17, 15) is 14.4 Å². The fraction of sp³-hybridized carbons (Fsp3) is 0.630. The zero-order valence-corrected chi connectivity index (χ0v) is 20.8. The number of rotatable bonds is 9. The third-order valence-corrected chi connectivity index (χ3v) is 7.18. The molecule has 2 fully saturated rings. The van der Waals surface area contributed by atoms with Crippen LogP contribution in [-0.4, -0.2) is 60.0 Å². The molecule has 1 aromatic carbocycles. The first-order valence-electron chi connectivity index (χ1n) is 12.9. The highest BCUT2D eigenvalue weighted by Gasteiger charge is 2.33. The Morgan fingerprint density at radius 3 is 2.60 bits per heavy atom. The van der Waals surface area contributed by atoms with Crippen molar-refractivity contribution in [2.75, 3.05) is 26.3 Å². The SMILES string of the molecule is CC[C@H](CC(=O)O[C@@H](CC1CCCCC1)C(=O)N1CCOCC1)C(=O)c1nc2ccc(C)cc2o1. The molecule has 1 amide bonds. The molecule has 1 saturated carbocycles. The highest BCUT2D eigenvalue weighted by atomic mass is 16.5. The quantitative estimate of drug-likeness (QED) is 0.382. The fourth-order valence-corrected chi connectivity index (χ4v) is 5.05. The number of ether oxygens (including phenoxy) is 2. The number of amides is 1. The molecule has 0 radical (unpaired) electrons. The van der Waals surface area contributed by atoms with E-state index in [-0.39, 0.29) is 24.0 Å². The summed E-state index contributed by atoms with van der Waals surface area (Å²) in [6, 6.07) is 5.56. The van der Waals surface area contributed by atoms with Crippen LogP contribution in [0, 0.1) is 18.8 Å². The molecule has 1 aromatic heterocycles. The number of morpholine rings is 1. The summed E-state index contributed by atoms with van der Waals surface area (Å²) in [5, 5.41) is 0. The summed E-state index contributed by atoms with van der Waals surface area (Å²) < 4.78 is 16.8. The molecule has 2 aliphatic rings. The number of aryl methyl sites for hydroxylation is 1. The van der Waals surface area contributed by atoms with Gasteiger partial charge in [0.1, 0.15) is 5.52 Å². The van der Waals surface area contributed by atoms with E-state index < -0.39 is 18.0 Å². The fourth-order valence-electron chi connectivity index (χ4n) is 5.05. The first kappa shape index (κ1) is 25.4. The van der Waals surface area contributed by atoms with Crippen molar-refractivity contribution in [2.24, 2.45) is 11.8 Å².